The van der Waals surface area contributed by atoms with E-state index in [9.17, 15) is 4.79 Å². The second kappa shape index (κ2) is 7.03. The van der Waals surface area contributed by atoms with Crippen LogP contribution in [-0.4, -0.2) is 17.4 Å². The number of hydrogen-bond donors (Lipinski definition) is 2. The number of carbonyl (C=O) groups is 1. The number of benzene rings is 1. The molecule has 1 aromatic heterocycles. The average molecular weight is 317 g/mol. The lowest BCUT2D eigenvalue weighted by Crippen LogP contribution is -2.41. The molecule has 4 nitrogen and oxygen atoms in total. The summed E-state index contributed by atoms with van der Waals surface area (Å²) in [5.41, 5.74) is 8.16. The van der Waals surface area contributed by atoms with E-state index in [4.69, 9.17) is 5.73 Å². The van der Waals surface area contributed by atoms with Crippen molar-refractivity contribution in [1.82, 2.24) is 4.98 Å². The second-order valence-corrected chi connectivity index (χ2v) is 6.38. The molecule has 22 heavy (non-hydrogen) atoms. The quantitative estimate of drug-likeness (QED) is 0.851. The lowest BCUT2D eigenvalue weighted by Gasteiger charge is -2.28. The monoisotopic (exact) mass is 317 g/mol. The van der Waals surface area contributed by atoms with Crippen molar-refractivity contribution < 1.29 is 4.79 Å². The summed E-state index contributed by atoms with van der Waals surface area (Å²) in [5, 5.41) is 6.00. The zero-order valence-electron chi connectivity index (χ0n) is 13.3. The summed E-state index contributed by atoms with van der Waals surface area (Å²) >= 11 is 1.61. The standard InChI is InChI=1S/C17H23N3OS/c1-4-17(5-2,11-18)16(21)20-14-8-6-7-13(9-14)15-19-12(3)10-22-15/h6-10H,4-5,11,18H2,1-3H3,(H,20,21). The highest BCUT2D eigenvalue weighted by molar-refractivity contribution is 7.13. The van der Waals surface area contributed by atoms with Gasteiger partial charge in [-0.05, 0) is 31.9 Å². The van der Waals surface area contributed by atoms with E-state index in [-0.39, 0.29) is 5.91 Å². The predicted octanol–water partition coefficient (Wildman–Crippen LogP) is 3.82. The maximum atomic E-state index is 12.6. The summed E-state index contributed by atoms with van der Waals surface area (Å²) in [7, 11) is 0. The molecule has 0 saturated heterocycles. The molecule has 0 saturated carbocycles. The maximum absolute atomic E-state index is 12.6. The smallest absolute Gasteiger partial charge is 0.231 e. The Morgan fingerprint density at radius 3 is 2.64 bits per heavy atom. The van der Waals surface area contributed by atoms with Crippen LogP contribution in [0, 0.1) is 12.3 Å². The molecule has 0 bridgehead atoms. The van der Waals surface area contributed by atoms with Crippen molar-refractivity contribution in [2.45, 2.75) is 33.6 Å². The van der Waals surface area contributed by atoms with Crippen LogP contribution in [-0.2, 0) is 4.79 Å². The summed E-state index contributed by atoms with van der Waals surface area (Å²) in [4.78, 5) is 17.1. The second-order valence-electron chi connectivity index (χ2n) is 5.52. The van der Waals surface area contributed by atoms with Crippen LogP contribution >= 0.6 is 11.3 Å². The molecular weight excluding hydrogens is 294 g/mol. The number of nitrogens with zero attached hydrogens (tertiary/aromatic N) is 1. The first-order valence-electron chi connectivity index (χ1n) is 7.58. The van der Waals surface area contributed by atoms with Crippen LogP contribution in [0.2, 0.25) is 0 Å². The van der Waals surface area contributed by atoms with Gasteiger partial charge < -0.3 is 11.1 Å². The minimum absolute atomic E-state index is 0.00697. The number of carbonyl (C=O) groups excluding carboxylic acids is 1. The van der Waals surface area contributed by atoms with Crippen LogP contribution in [0.4, 0.5) is 5.69 Å². The van der Waals surface area contributed by atoms with Gasteiger partial charge in [-0.25, -0.2) is 4.98 Å². The molecule has 1 amide bonds. The van der Waals surface area contributed by atoms with Crippen LogP contribution in [0.1, 0.15) is 32.4 Å². The summed E-state index contributed by atoms with van der Waals surface area (Å²) in [5.74, 6) is -0.00697. The molecule has 3 N–H and O–H groups in total. The molecule has 0 atom stereocenters. The fourth-order valence-electron chi connectivity index (χ4n) is 2.43. The fourth-order valence-corrected chi connectivity index (χ4v) is 3.23. The van der Waals surface area contributed by atoms with Crippen molar-refractivity contribution in [1.29, 1.82) is 0 Å². The highest BCUT2D eigenvalue weighted by Crippen LogP contribution is 2.29. The van der Waals surface area contributed by atoms with E-state index >= 15 is 0 Å². The Labute approximate surface area is 135 Å². The number of aryl methyl sites for hydroxylation is 1. The van der Waals surface area contributed by atoms with Crippen molar-refractivity contribution in [3.05, 3.63) is 35.3 Å². The van der Waals surface area contributed by atoms with Gasteiger partial charge in [-0.3, -0.25) is 4.79 Å². The third kappa shape index (κ3) is 3.36. The molecule has 0 radical (unpaired) electrons. The molecule has 0 aliphatic carbocycles. The van der Waals surface area contributed by atoms with Crippen LogP contribution in [0.3, 0.4) is 0 Å². The van der Waals surface area contributed by atoms with Gasteiger partial charge in [0.05, 0.1) is 5.41 Å². The molecular formula is C17H23N3OS. The van der Waals surface area contributed by atoms with E-state index in [1.54, 1.807) is 11.3 Å². The Kier molecular flexibility index (Phi) is 5.32. The van der Waals surface area contributed by atoms with Crippen molar-refractivity contribution in [2.75, 3.05) is 11.9 Å². The van der Waals surface area contributed by atoms with Crippen LogP contribution in [0.5, 0.6) is 0 Å². The molecule has 1 heterocycles. The average Bonchev–Trinajstić information content (AvgIpc) is 2.96. The minimum Gasteiger partial charge on any atom is -0.329 e. The minimum atomic E-state index is -0.492. The van der Waals surface area contributed by atoms with Gasteiger partial charge in [0.1, 0.15) is 5.01 Å². The molecule has 1 aromatic carbocycles. The number of aromatic nitrogens is 1. The number of nitrogens with two attached hydrogens (primary N) is 1. The summed E-state index contributed by atoms with van der Waals surface area (Å²) in [6, 6.07) is 7.80. The normalized spacial score (nSPS) is 11.5. The SMILES string of the molecule is CCC(CC)(CN)C(=O)Nc1cccc(-c2nc(C)cs2)c1. The Balaban J connectivity index is 2.22. The zero-order chi connectivity index (χ0) is 16.2. The summed E-state index contributed by atoms with van der Waals surface area (Å²) in [6.07, 6.45) is 1.47. The van der Waals surface area contributed by atoms with Crippen molar-refractivity contribution in [3.63, 3.8) is 0 Å². The maximum Gasteiger partial charge on any atom is 0.231 e. The van der Waals surface area contributed by atoms with Crippen LogP contribution in [0.15, 0.2) is 29.6 Å². The van der Waals surface area contributed by atoms with Gasteiger partial charge >= 0.3 is 0 Å². The van der Waals surface area contributed by atoms with Gasteiger partial charge in [0, 0.05) is 28.9 Å². The fraction of sp³-hybridized carbons (Fsp3) is 0.412. The summed E-state index contributed by atoms with van der Waals surface area (Å²) < 4.78 is 0. The molecule has 0 aliphatic rings. The lowest BCUT2D eigenvalue weighted by molar-refractivity contribution is -0.125. The number of thiazole rings is 1. The zero-order valence-corrected chi connectivity index (χ0v) is 14.2. The first-order valence-corrected chi connectivity index (χ1v) is 8.46. The third-order valence-electron chi connectivity index (χ3n) is 4.21. The number of amides is 1. The van der Waals surface area contributed by atoms with Crippen molar-refractivity contribution >= 4 is 22.9 Å². The highest BCUT2D eigenvalue weighted by Gasteiger charge is 2.33. The molecule has 0 aliphatic heterocycles. The van der Waals surface area contributed by atoms with Crippen molar-refractivity contribution in [3.8, 4) is 10.6 Å². The Bertz CT molecular complexity index is 639. The molecule has 0 fully saturated rings. The van der Waals surface area contributed by atoms with E-state index in [0.29, 0.717) is 6.54 Å². The molecule has 0 unspecified atom stereocenters. The molecule has 2 rings (SSSR count). The molecule has 2 aromatic rings. The van der Waals surface area contributed by atoms with Gasteiger partial charge in [-0.2, -0.15) is 0 Å². The Morgan fingerprint density at radius 2 is 2.09 bits per heavy atom. The first kappa shape index (κ1) is 16.6. The van der Waals surface area contributed by atoms with Crippen LogP contribution < -0.4 is 11.1 Å². The molecule has 0 spiro atoms. The Hall–Kier alpha value is -1.72. The number of hydrogen-bond acceptors (Lipinski definition) is 4. The van der Waals surface area contributed by atoms with Gasteiger partial charge in [0.15, 0.2) is 0 Å². The van der Waals surface area contributed by atoms with Gasteiger partial charge in [-0.15, -0.1) is 11.3 Å². The van der Waals surface area contributed by atoms with Gasteiger partial charge in [0.25, 0.3) is 0 Å². The predicted molar refractivity (Wildman–Crippen MR) is 93.0 cm³/mol. The van der Waals surface area contributed by atoms with E-state index in [1.165, 1.54) is 0 Å². The van der Waals surface area contributed by atoms with Crippen molar-refractivity contribution in [2.24, 2.45) is 11.1 Å². The van der Waals surface area contributed by atoms with Gasteiger partial charge in [0.2, 0.25) is 5.91 Å². The lowest BCUT2D eigenvalue weighted by atomic mass is 9.81. The molecule has 5 heteroatoms. The largest absolute Gasteiger partial charge is 0.329 e. The third-order valence-corrected chi connectivity index (χ3v) is 5.22. The van der Waals surface area contributed by atoms with Crippen LogP contribution in [0.25, 0.3) is 10.6 Å². The number of rotatable bonds is 6. The Morgan fingerprint density at radius 1 is 1.36 bits per heavy atom. The van der Waals surface area contributed by atoms with E-state index in [2.05, 4.69) is 10.3 Å². The number of nitrogens with one attached hydrogen (secondary N) is 1. The van der Waals surface area contributed by atoms with Gasteiger partial charge in [-0.1, -0.05) is 26.0 Å². The first-order chi connectivity index (χ1) is 10.5. The van der Waals surface area contributed by atoms with E-state index in [1.807, 2.05) is 50.4 Å². The topological polar surface area (TPSA) is 68.0 Å². The summed E-state index contributed by atoms with van der Waals surface area (Å²) in [6.45, 7) is 6.34. The molecule has 118 valence electrons. The van der Waals surface area contributed by atoms with E-state index < -0.39 is 5.41 Å². The number of anilines is 1. The highest BCUT2D eigenvalue weighted by atomic mass is 32.1. The van der Waals surface area contributed by atoms with E-state index in [0.717, 1.165) is 34.8 Å².